The lowest BCUT2D eigenvalue weighted by molar-refractivity contribution is -0.386. The number of hydrogen-bond donors (Lipinski definition) is 1. The lowest BCUT2D eigenvalue weighted by atomic mass is 10.2. The molecular formula is C16H11BrN2O6. The molecule has 9 heteroatoms. The molecule has 1 N–H and O–H groups in total. The molecule has 0 aromatic heterocycles. The third-order valence-corrected chi connectivity index (χ3v) is 3.57. The fourth-order valence-electron chi connectivity index (χ4n) is 1.90. The van der Waals surface area contributed by atoms with Crippen molar-refractivity contribution in [3.63, 3.8) is 0 Å². The van der Waals surface area contributed by atoms with Gasteiger partial charge in [0.1, 0.15) is 11.8 Å². The number of nitrogens with zero attached hydrogens (tertiary/aromatic N) is 2. The van der Waals surface area contributed by atoms with Gasteiger partial charge in [0.25, 0.3) is 0 Å². The molecule has 0 radical (unpaired) electrons. The van der Waals surface area contributed by atoms with Gasteiger partial charge in [-0.3, -0.25) is 10.1 Å². The number of para-hydroxylation sites is 1. The number of halogens is 1. The molecule has 0 spiro atoms. The highest BCUT2D eigenvalue weighted by atomic mass is 79.9. The van der Waals surface area contributed by atoms with Gasteiger partial charge in [-0.25, -0.2) is 4.79 Å². The number of hydrogen-bond acceptors (Lipinski definition) is 6. The van der Waals surface area contributed by atoms with E-state index in [2.05, 4.69) is 15.9 Å². The van der Waals surface area contributed by atoms with Gasteiger partial charge >= 0.3 is 11.7 Å². The van der Waals surface area contributed by atoms with Gasteiger partial charge in [-0.2, -0.15) is 5.26 Å². The van der Waals surface area contributed by atoms with Gasteiger partial charge in [0.2, 0.25) is 11.5 Å². The molecule has 0 fully saturated rings. The van der Waals surface area contributed by atoms with E-state index in [0.717, 1.165) is 0 Å². The topological polar surface area (TPSA) is 123 Å². The van der Waals surface area contributed by atoms with Crippen LogP contribution in [0.4, 0.5) is 5.69 Å². The molecule has 0 saturated heterocycles. The predicted octanol–water partition coefficient (Wildman–Crippen LogP) is 3.87. The number of nitro benzene ring substituents is 1. The highest BCUT2D eigenvalue weighted by molar-refractivity contribution is 9.10. The van der Waals surface area contributed by atoms with Gasteiger partial charge in [-0.1, -0.05) is 22.0 Å². The third-order valence-electron chi connectivity index (χ3n) is 3.08. The zero-order chi connectivity index (χ0) is 18.6. The average molecular weight is 407 g/mol. The van der Waals surface area contributed by atoms with Gasteiger partial charge < -0.3 is 14.6 Å². The molecule has 0 amide bonds. The van der Waals surface area contributed by atoms with Crippen LogP contribution < -0.4 is 9.47 Å². The molecule has 0 aliphatic carbocycles. The van der Waals surface area contributed by atoms with Crippen molar-refractivity contribution < 1.29 is 24.3 Å². The molecule has 0 aliphatic heterocycles. The van der Waals surface area contributed by atoms with E-state index in [9.17, 15) is 14.9 Å². The normalized spacial score (nSPS) is 11.2. The third kappa shape index (κ3) is 4.24. The number of nitriles is 1. The first-order chi connectivity index (χ1) is 11.8. The SMILES string of the molecule is CC(Oc1cccc(Oc2ccc(Br)cc2C#N)c1[N+](=O)[O-])C(=O)O. The zero-order valence-corrected chi connectivity index (χ0v) is 14.4. The number of rotatable bonds is 6. The number of carbonyl (C=O) groups is 1. The second-order valence-electron chi connectivity index (χ2n) is 4.81. The summed E-state index contributed by atoms with van der Waals surface area (Å²) in [5, 5.41) is 29.5. The van der Waals surface area contributed by atoms with Crippen LogP contribution in [0.2, 0.25) is 0 Å². The summed E-state index contributed by atoms with van der Waals surface area (Å²) in [6, 6.07) is 10.6. The number of aliphatic carboxylic acids is 1. The van der Waals surface area contributed by atoms with Crippen LogP contribution in [0.25, 0.3) is 0 Å². The summed E-state index contributed by atoms with van der Waals surface area (Å²) < 4.78 is 11.3. The Morgan fingerprint density at radius 3 is 2.60 bits per heavy atom. The Hall–Kier alpha value is -3.12. The van der Waals surface area contributed by atoms with Crippen LogP contribution >= 0.6 is 15.9 Å². The van der Waals surface area contributed by atoms with Crippen molar-refractivity contribution in [3.05, 3.63) is 56.5 Å². The highest BCUT2D eigenvalue weighted by Gasteiger charge is 2.26. The van der Waals surface area contributed by atoms with E-state index in [1.807, 2.05) is 6.07 Å². The summed E-state index contributed by atoms with van der Waals surface area (Å²) in [5.74, 6) is -1.55. The largest absolute Gasteiger partial charge is 0.479 e. The zero-order valence-electron chi connectivity index (χ0n) is 12.8. The van der Waals surface area contributed by atoms with Gasteiger partial charge in [-0.15, -0.1) is 0 Å². The molecule has 8 nitrogen and oxygen atoms in total. The lowest BCUT2D eigenvalue weighted by Gasteiger charge is -2.13. The number of carboxylic acid groups (broad SMARTS) is 1. The fourth-order valence-corrected chi connectivity index (χ4v) is 2.26. The summed E-state index contributed by atoms with van der Waals surface area (Å²) >= 11 is 3.22. The van der Waals surface area contributed by atoms with Gasteiger partial charge in [0.15, 0.2) is 6.10 Å². The monoisotopic (exact) mass is 406 g/mol. The Balaban J connectivity index is 2.47. The quantitative estimate of drug-likeness (QED) is 0.570. The molecule has 0 heterocycles. The van der Waals surface area contributed by atoms with Gasteiger partial charge in [0, 0.05) is 4.47 Å². The summed E-state index contributed by atoms with van der Waals surface area (Å²) in [5.41, 5.74) is -0.351. The molecule has 2 aromatic rings. The molecular weight excluding hydrogens is 396 g/mol. The minimum absolute atomic E-state index is 0.122. The van der Waals surface area contributed by atoms with Crippen LogP contribution in [-0.4, -0.2) is 22.1 Å². The van der Waals surface area contributed by atoms with Crippen LogP contribution in [0.5, 0.6) is 17.2 Å². The molecule has 0 saturated carbocycles. The first-order valence-electron chi connectivity index (χ1n) is 6.88. The molecule has 128 valence electrons. The maximum atomic E-state index is 11.4. The summed E-state index contributed by atoms with van der Waals surface area (Å²) in [6.45, 7) is 1.25. The van der Waals surface area contributed by atoms with Crippen LogP contribution in [-0.2, 0) is 4.79 Å². The standard InChI is InChI=1S/C16H11BrN2O6/c1-9(16(20)21)24-13-3-2-4-14(15(13)19(22)23)25-12-6-5-11(17)7-10(12)8-18/h2-7,9H,1H3,(H,20,21). The Morgan fingerprint density at radius 2 is 2.00 bits per heavy atom. The van der Waals surface area contributed by atoms with E-state index in [1.54, 1.807) is 6.07 Å². The van der Waals surface area contributed by atoms with Crippen LogP contribution in [0, 0.1) is 21.4 Å². The minimum Gasteiger partial charge on any atom is -0.479 e. The molecule has 2 aromatic carbocycles. The van der Waals surface area contributed by atoms with Crippen molar-refractivity contribution >= 4 is 27.6 Å². The number of ether oxygens (including phenoxy) is 2. The molecule has 25 heavy (non-hydrogen) atoms. The van der Waals surface area contributed by atoms with Crippen molar-refractivity contribution in [1.82, 2.24) is 0 Å². The first-order valence-corrected chi connectivity index (χ1v) is 7.67. The maximum Gasteiger partial charge on any atom is 0.352 e. The van der Waals surface area contributed by atoms with Crippen molar-refractivity contribution in [2.24, 2.45) is 0 Å². The summed E-state index contributed by atoms with van der Waals surface area (Å²) in [7, 11) is 0. The Morgan fingerprint density at radius 1 is 1.32 bits per heavy atom. The Bertz CT molecular complexity index is 877. The van der Waals surface area contributed by atoms with E-state index in [0.29, 0.717) is 4.47 Å². The minimum atomic E-state index is -1.28. The van der Waals surface area contributed by atoms with Crippen LogP contribution in [0.1, 0.15) is 12.5 Å². The molecule has 1 atom stereocenters. The fraction of sp³-hybridized carbons (Fsp3) is 0.125. The Kier molecular flexibility index (Phi) is 5.56. The van der Waals surface area contributed by atoms with Crippen molar-refractivity contribution in [2.75, 3.05) is 0 Å². The smallest absolute Gasteiger partial charge is 0.352 e. The summed E-state index contributed by atoms with van der Waals surface area (Å²) in [6.07, 6.45) is -1.28. The van der Waals surface area contributed by atoms with Crippen molar-refractivity contribution in [1.29, 1.82) is 5.26 Å². The average Bonchev–Trinajstić information content (AvgIpc) is 2.56. The second-order valence-corrected chi connectivity index (χ2v) is 5.73. The van der Waals surface area contributed by atoms with Crippen molar-refractivity contribution in [2.45, 2.75) is 13.0 Å². The summed E-state index contributed by atoms with van der Waals surface area (Å²) in [4.78, 5) is 21.6. The molecule has 0 aliphatic rings. The van der Waals surface area contributed by atoms with E-state index < -0.39 is 22.7 Å². The van der Waals surface area contributed by atoms with Crippen LogP contribution in [0.15, 0.2) is 40.9 Å². The number of carboxylic acids is 1. The molecule has 2 rings (SSSR count). The number of nitro groups is 1. The van der Waals surface area contributed by atoms with Gasteiger partial charge in [-0.05, 0) is 37.3 Å². The maximum absolute atomic E-state index is 11.4. The van der Waals surface area contributed by atoms with E-state index in [-0.39, 0.29) is 22.8 Å². The highest BCUT2D eigenvalue weighted by Crippen LogP contribution is 2.40. The van der Waals surface area contributed by atoms with Crippen LogP contribution in [0.3, 0.4) is 0 Å². The first kappa shape index (κ1) is 18.2. The van der Waals surface area contributed by atoms with E-state index in [1.165, 1.54) is 37.3 Å². The van der Waals surface area contributed by atoms with E-state index >= 15 is 0 Å². The predicted molar refractivity (Wildman–Crippen MR) is 89.8 cm³/mol. The van der Waals surface area contributed by atoms with Gasteiger partial charge in [0.05, 0.1) is 10.5 Å². The Labute approximate surface area is 150 Å². The lowest BCUT2D eigenvalue weighted by Crippen LogP contribution is -2.23. The second kappa shape index (κ2) is 7.63. The van der Waals surface area contributed by atoms with Crippen molar-refractivity contribution in [3.8, 4) is 23.3 Å². The van der Waals surface area contributed by atoms with E-state index in [4.69, 9.17) is 19.8 Å². The molecule has 0 bridgehead atoms. The number of benzene rings is 2. The molecule has 1 unspecified atom stereocenters.